The highest BCUT2D eigenvalue weighted by molar-refractivity contribution is 9.10. The molecule has 17 heavy (non-hydrogen) atoms. The van der Waals surface area contributed by atoms with Crippen LogP contribution < -0.4 is 5.32 Å². The largest absolute Gasteiger partial charge is 0.381 e. The fraction of sp³-hybridized carbons (Fsp3) is 0.538. The van der Waals surface area contributed by atoms with E-state index in [1.165, 1.54) is 6.07 Å². The molecule has 0 spiro atoms. The summed E-state index contributed by atoms with van der Waals surface area (Å²) in [7, 11) is 1.98. The van der Waals surface area contributed by atoms with Crippen molar-refractivity contribution in [1.82, 2.24) is 5.32 Å². The summed E-state index contributed by atoms with van der Waals surface area (Å²) in [5, 5.41) is 3.32. The second kappa shape index (κ2) is 5.94. The number of nitrogens with one attached hydrogen (secondary N) is 1. The third-order valence-corrected chi connectivity index (χ3v) is 4.25. The Morgan fingerprint density at radius 1 is 1.53 bits per heavy atom. The monoisotopic (exact) mass is 301 g/mol. The molecule has 1 N–H and O–H groups in total. The third kappa shape index (κ3) is 3.06. The molecule has 1 aromatic rings. The Balaban J connectivity index is 2.11. The molecule has 1 aliphatic heterocycles. The van der Waals surface area contributed by atoms with Gasteiger partial charge in [-0.15, -0.1) is 0 Å². The smallest absolute Gasteiger partial charge is 0.137 e. The summed E-state index contributed by atoms with van der Waals surface area (Å²) in [4.78, 5) is 0. The molecule has 0 aliphatic carbocycles. The number of ether oxygens (including phenoxy) is 1. The van der Waals surface area contributed by atoms with Crippen LogP contribution in [0.5, 0.6) is 0 Å². The highest BCUT2D eigenvalue weighted by Gasteiger charge is 2.25. The number of benzene rings is 1. The third-order valence-electron chi connectivity index (χ3n) is 3.36. The van der Waals surface area contributed by atoms with Crippen molar-refractivity contribution in [2.75, 3.05) is 20.3 Å². The van der Waals surface area contributed by atoms with Gasteiger partial charge in [-0.2, -0.15) is 0 Å². The molecule has 0 aromatic heterocycles. The summed E-state index contributed by atoms with van der Waals surface area (Å²) >= 11 is 3.31. The first kappa shape index (κ1) is 13.0. The normalized spacial score (nSPS) is 24.9. The number of rotatable bonds is 3. The molecule has 0 radical (unpaired) electrons. The maximum Gasteiger partial charge on any atom is 0.137 e. The lowest BCUT2D eigenvalue weighted by Crippen LogP contribution is -2.41. The first-order valence-electron chi connectivity index (χ1n) is 5.90. The molecule has 1 saturated heterocycles. The zero-order valence-corrected chi connectivity index (χ0v) is 11.5. The van der Waals surface area contributed by atoms with Crippen molar-refractivity contribution in [1.29, 1.82) is 0 Å². The summed E-state index contributed by atoms with van der Waals surface area (Å²) in [6.07, 6.45) is 1.86. The summed E-state index contributed by atoms with van der Waals surface area (Å²) in [5.41, 5.74) is 1.01. The Bertz CT molecular complexity index is 386. The molecule has 2 nitrogen and oxygen atoms in total. The minimum atomic E-state index is -0.194. The van der Waals surface area contributed by atoms with Crippen molar-refractivity contribution in [2.45, 2.75) is 18.9 Å². The van der Waals surface area contributed by atoms with Crippen LogP contribution in [0.2, 0.25) is 0 Å². The minimum Gasteiger partial charge on any atom is -0.381 e. The maximum absolute atomic E-state index is 13.4. The highest BCUT2D eigenvalue weighted by atomic mass is 79.9. The van der Waals surface area contributed by atoms with E-state index in [0.717, 1.165) is 31.6 Å². The molecular weight excluding hydrogens is 285 g/mol. The van der Waals surface area contributed by atoms with Crippen LogP contribution in [0.1, 0.15) is 12.0 Å². The van der Waals surface area contributed by atoms with E-state index in [0.29, 0.717) is 16.4 Å². The molecule has 4 heteroatoms. The first-order chi connectivity index (χ1) is 8.22. The number of hydrogen-bond donors (Lipinski definition) is 1. The summed E-state index contributed by atoms with van der Waals surface area (Å²) in [6, 6.07) is 5.65. The van der Waals surface area contributed by atoms with Gasteiger partial charge in [0.05, 0.1) is 11.1 Å². The highest BCUT2D eigenvalue weighted by Crippen LogP contribution is 2.26. The van der Waals surface area contributed by atoms with Gasteiger partial charge in [0.15, 0.2) is 0 Å². The van der Waals surface area contributed by atoms with Crippen LogP contribution in [0.25, 0.3) is 0 Å². The SMILES string of the molecule is CNC1CCOCC1Cc1cccc(F)c1Br. The molecule has 1 heterocycles. The first-order valence-corrected chi connectivity index (χ1v) is 6.69. The van der Waals surface area contributed by atoms with E-state index < -0.39 is 0 Å². The number of hydrogen-bond acceptors (Lipinski definition) is 2. The van der Waals surface area contributed by atoms with Gasteiger partial charge in [0.2, 0.25) is 0 Å². The second-order valence-corrected chi connectivity index (χ2v) is 5.23. The van der Waals surface area contributed by atoms with Crippen LogP contribution in [0.15, 0.2) is 22.7 Å². The molecule has 2 unspecified atom stereocenters. The van der Waals surface area contributed by atoms with Crippen molar-refractivity contribution in [3.05, 3.63) is 34.1 Å². The molecule has 2 rings (SSSR count). The van der Waals surface area contributed by atoms with Crippen molar-refractivity contribution >= 4 is 15.9 Å². The molecule has 2 atom stereocenters. The molecule has 0 amide bonds. The summed E-state index contributed by atoms with van der Waals surface area (Å²) in [6.45, 7) is 1.56. The van der Waals surface area contributed by atoms with Crippen LogP contribution in [-0.2, 0) is 11.2 Å². The lowest BCUT2D eigenvalue weighted by molar-refractivity contribution is 0.0341. The van der Waals surface area contributed by atoms with E-state index >= 15 is 0 Å². The van der Waals surface area contributed by atoms with E-state index in [4.69, 9.17) is 4.74 Å². The van der Waals surface area contributed by atoms with Crippen LogP contribution in [0, 0.1) is 11.7 Å². The lowest BCUT2D eigenvalue weighted by atomic mass is 9.89. The van der Waals surface area contributed by atoms with Crippen molar-refractivity contribution in [3.63, 3.8) is 0 Å². The Hall–Kier alpha value is -0.450. The van der Waals surface area contributed by atoms with Crippen molar-refractivity contribution in [3.8, 4) is 0 Å². The summed E-state index contributed by atoms with van der Waals surface area (Å²) in [5.74, 6) is 0.215. The fourth-order valence-electron chi connectivity index (χ4n) is 2.37. The van der Waals surface area contributed by atoms with Crippen molar-refractivity contribution in [2.24, 2.45) is 5.92 Å². The average Bonchev–Trinajstić information content (AvgIpc) is 2.35. The van der Waals surface area contributed by atoms with Crippen LogP contribution in [0.4, 0.5) is 4.39 Å². The lowest BCUT2D eigenvalue weighted by Gasteiger charge is -2.31. The van der Waals surface area contributed by atoms with Crippen LogP contribution in [0.3, 0.4) is 0 Å². The standard InChI is InChI=1S/C13H17BrFNO/c1-16-12-5-6-17-8-10(12)7-9-3-2-4-11(15)13(9)14/h2-4,10,12,16H,5-8H2,1H3. The summed E-state index contributed by atoms with van der Waals surface area (Å²) < 4.78 is 19.5. The molecule has 94 valence electrons. The predicted molar refractivity (Wildman–Crippen MR) is 69.6 cm³/mol. The van der Waals surface area contributed by atoms with Gasteiger partial charge in [-0.25, -0.2) is 4.39 Å². The molecule has 0 bridgehead atoms. The Kier molecular flexibility index (Phi) is 4.54. The van der Waals surface area contributed by atoms with Crippen LogP contribution >= 0.6 is 15.9 Å². The fourth-order valence-corrected chi connectivity index (χ4v) is 2.79. The van der Waals surface area contributed by atoms with Gasteiger partial charge >= 0.3 is 0 Å². The molecule has 1 fully saturated rings. The van der Waals surface area contributed by atoms with E-state index in [1.54, 1.807) is 6.07 Å². The van der Waals surface area contributed by atoms with E-state index in [9.17, 15) is 4.39 Å². The van der Waals surface area contributed by atoms with E-state index in [2.05, 4.69) is 21.2 Å². The molecule has 1 aromatic carbocycles. The molecule has 0 saturated carbocycles. The topological polar surface area (TPSA) is 21.3 Å². The van der Waals surface area contributed by atoms with Crippen molar-refractivity contribution < 1.29 is 9.13 Å². The van der Waals surface area contributed by atoms with Gasteiger partial charge in [0.1, 0.15) is 5.82 Å². The second-order valence-electron chi connectivity index (χ2n) is 4.44. The van der Waals surface area contributed by atoms with Gasteiger partial charge in [0.25, 0.3) is 0 Å². The van der Waals surface area contributed by atoms with Gasteiger partial charge < -0.3 is 10.1 Å². The van der Waals surface area contributed by atoms with Gasteiger partial charge in [0, 0.05) is 18.6 Å². The Labute approximate surface area is 110 Å². The zero-order chi connectivity index (χ0) is 12.3. The van der Waals surface area contributed by atoms with Crippen LogP contribution in [-0.4, -0.2) is 26.3 Å². The number of halogens is 2. The Morgan fingerprint density at radius 2 is 2.35 bits per heavy atom. The van der Waals surface area contributed by atoms with E-state index in [1.807, 2.05) is 13.1 Å². The molecular formula is C13H17BrFNO. The van der Waals surface area contributed by atoms with Gasteiger partial charge in [-0.05, 0) is 47.4 Å². The quantitative estimate of drug-likeness (QED) is 0.927. The maximum atomic E-state index is 13.4. The van der Waals surface area contributed by atoms with Gasteiger partial charge in [-0.1, -0.05) is 12.1 Å². The van der Waals surface area contributed by atoms with Gasteiger partial charge in [-0.3, -0.25) is 0 Å². The average molecular weight is 302 g/mol. The predicted octanol–water partition coefficient (Wildman–Crippen LogP) is 2.76. The molecule has 1 aliphatic rings. The minimum absolute atomic E-state index is 0.194. The Morgan fingerprint density at radius 3 is 3.12 bits per heavy atom. The zero-order valence-electron chi connectivity index (χ0n) is 9.88. The van der Waals surface area contributed by atoms with E-state index in [-0.39, 0.29) is 5.82 Å².